The highest BCUT2D eigenvalue weighted by atomic mass is 35.5. The zero-order valence-corrected chi connectivity index (χ0v) is 12.5. The molecule has 0 saturated heterocycles. The van der Waals surface area contributed by atoms with Crippen LogP contribution in [0.2, 0.25) is 5.02 Å². The summed E-state index contributed by atoms with van der Waals surface area (Å²) in [4.78, 5) is 12.1. The highest BCUT2D eigenvalue weighted by molar-refractivity contribution is 6.31. The van der Waals surface area contributed by atoms with Crippen LogP contribution >= 0.6 is 11.6 Å². The minimum Gasteiger partial charge on any atom is -0.495 e. The molecule has 1 amide bonds. The maximum absolute atomic E-state index is 12.1. The lowest BCUT2D eigenvalue weighted by Crippen LogP contribution is -2.40. The van der Waals surface area contributed by atoms with Crippen LogP contribution in [-0.4, -0.2) is 19.1 Å². The molecule has 0 aromatic heterocycles. The van der Waals surface area contributed by atoms with Gasteiger partial charge in [0.1, 0.15) is 5.75 Å². The first kappa shape index (κ1) is 15.8. The predicted octanol–water partition coefficient (Wildman–Crippen LogP) is 2.97. The van der Waals surface area contributed by atoms with Gasteiger partial charge >= 0.3 is 0 Å². The Balaban J connectivity index is 2.93. The van der Waals surface area contributed by atoms with Gasteiger partial charge in [0, 0.05) is 11.1 Å². The second kappa shape index (κ2) is 6.78. The topological polar surface area (TPSA) is 64.4 Å². The van der Waals surface area contributed by atoms with Gasteiger partial charge in [-0.25, -0.2) is 0 Å². The van der Waals surface area contributed by atoms with E-state index in [4.69, 9.17) is 22.1 Å². The summed E-state index contributed by atoms with van der Waals surface area (Å²) in [5.41, 5.74) is 7.36. The minimum absolute atomic E-state index is 0.124. The SMILES string of the molecule is CCC(C)[C@H](N)C(=O)Nc1cc(C)c(Cl)cc1OC. The number of aryl methyl sites for hydroxylation is 1. The van der Waals surface area contributed by atoms with Gasteiger partial charge in [0.05, 0.1) is 18.8 Å². The molecule has 0 bridgehead atoms. The number of rotatable bonds is 5. The number of halogens is 1. The average molecular weight is 285 g/mol. The van der Waals surface area contributed by atoms with Crippen molar-refractivity contribution in [3.05, 3.63) is 22.7 Å². The van der Waals surface area contributed by atoms with E-state index in [0.717, 1.165) is 12.0 Å². The molecule has 1 rings (SSSR count). The lowest BCUT2D eigenvalue weighted by atomic mass is 9.99. The van der Waals surface area contributed by atoms with Gasteiger partial charge in [-0.15, -0.1) is 0 Å². The smallest absolute Gasteiger partial charge is 0.241 e. The fourth-order valence-electron chi connectivity index (χ4n) is 1.66. The van der Waals surface area contributed by atoms with Gasteiger partial charge in [-0.05, 0) is 24.5 Å². The van der Waals surface area contributed by atoms with Crippen LogP contribution in [0.1, 0.15) is 25.8 Å². The van der Waals surface area contributed by atoms with E-state index in [1.807, 2.05) is 20.8 Å². The number of methoxy groups -OCH3 is 1. The molecule has 0 spiro atoms. The molecule has 0 heterocycles. The molecule has 0 aliphatic carbocycles. The molecule has 0 aliphatic rings. The quantitative estimate of drug-likeness (QED) is 0.874. The predicted molar refractivity (Wildman–Crippen MR) is 78.8 cm³/mol. The zero-order valence-electron chi connectivity index (χ0n) is 11.8. The van der Waals surface area contributed by atoms with Crippen molar-refractivity contribution < 1.29 is 9.53 Å². The van der Waals surface area contributed by atoms with Gasteiger partial charge in [0.25, 0.3) is 0 Å². The molecule has 106 valence electrons. The second-order valence-corrected chi connectivity index (χ2v) is 5.11. The van der Waals surface area contributed by atoms with E-state index in [0.29, 0.717) is 16.5 Å². The number of ether oxygens (including phenoxy) is 1. The number of amides is 1. The van der Waals surface area contributed by atoms with Crippen LogP contribution < -0.4 is 15.8 Å². The van der Waals surface area contributed by atoms with Crippen LogP contribution in [0.5, 0.6) is 5.75 Å². The van der Waals surface area contributed by atoms with Crippen LogP contribution in [0, 0.1) is 12.8 Å². The summed E-state index contributed by atoms with van der Waals surface area (Å²) in [6.07, 6.45) is 0.853. The lowest BCUT2D eigenvalue weighted by Gasteiger charge is -2.19. The monoisotopic (exact) mass is 284 g/mol. The van der Waals surface area contributed by atoms with Crippen LogP contribution in [0.3, 0.4) is 0 Å². The summed E-state index contributed by atoms with van der Waals surface area (Å²) in [5.74, 6) is 0.439. The Morgan fingerprint density at radius 1 is 1.53 bits per heavy atom. The third kappa shape index (κ3) is 3.85. The lowest BCUT2D eigenvalue weighted by molar-refractivity contribution is -0.118. The number of hydrogen-bond donors (Lipinski definition) is 2. The highest BCUT2D eigenvalue weighted by Crippen LogP contribution is 2.31. The van der Waals surface area contributed by atoms with Crippen LogP contribution in [0.25, 0.3) is 0 Å². The Hall–Kier alpha value is -1.26. The first-order valence-corrected chi connectivity index (χ1v) is 6.69. The molecule has 2 atom stereocenters. The van der Waals surface area contributed by atoms with Gasteiger partial charge in [0.15, 0.2) is 0 Å². The summed E-state index contributed by atoms with van der Waals surface area (Å²) >= 11 is 6.02. The van der Waals surface area contributed by atoms with Crippen LogP contribution in [-0.2, 0) is 4.79 Å². The van der Waals surface area contributed by atoms with Gasteiger partial charge in [-0.1, -0.05) is 31.9 Å². The number of carbonyl (C=O) groups is 1. The van der Waals surface area contributed by atoms with Crippen molar-refractivity contribution in [2.24, 2.45) is 11.7 Å². The fourth-order valence-corrected chi connectivity index (χ4v) is 1.81. The maximum atomic E-state index is 12.1. The van der Waals surface area contributed by atoms with Crippen molar-refractivity contribution >= 4 is 23.2 Å². The van der Waals surface area contributed by atoms with Crippen molar-refractivity contribution in [1.82, 2.24) is 0 Å². The van der Waals surface area contributed by atoms with Gasteiger partial charge in [0.2, 0.25) is 5.91 Å². The van der Waals surface area contributed by atoms with E-state index in [9.17, 15) is 4.79 Å². The number of benzene rings is 1. The summed E-state index contributed by atoms with van der Waals surface area (Å²) in [5, 5.41) is 3.40. The van der Waals surface area contributed by atoms with E-state index in [2.05, 4.69) is 5.32 Å². The molecule has 1 aromatic rings. The molecule has 1 aromatic carbocycles. The number of nitrogens with one attached hydrogen (secondary N) is 1. The Morgan fingerprint density at radius 3 is 2.68 bits per heavy atom. The Bertz CT molecular complexity index is 463. The molecule has 1 unspecified atom stereocenters. The summed E-state index contributed by atoms with van der Waals surface area (Å²) in [6, 6.07) is 2.93. The largest absolute Gasteiger partial charge is 0.495 e. The molecule has 4 nitrogen and oxygen atoms in total. The van der Waals surface area contributed by atoms with E-state index in [-0.39, 0.29) is 11.8 Å². The molecule has 0 aliphatic heterocycles. The Kier molecular flexibility index (Phi) is 5.63. The van der Waals surface area contributed by atoms with E-state index >= 15 is 0 Å². The molecule has 0 saturated carbocycles. The first-order chi connectivity index (χ1) is 8.90. The van der Waals surface area contributed by atoms with Gasteiger partial charge < -0.3 is 15.8 Å². The first-order valence-electron chi connectivity index (χ1n) is 6.31. The van der Waals surface area contributed by atoms with Gasteiger partial charge in [-0.3, -0.25) is 4.79 Å². The van der Waals surface area contributed by atoms with Crippen molar-refractivity contribution in [2.75, 3.05) is 12.4 Å². The number of hydrogen-bond acceptors (Lipinski definition) is 3. The third-order valence-corrected chi connectivity index (χ3v) is 3.71. The number of anilines is 1. The van der Waals surface area contributed by atoms with Crippen LogP contribution in [0.15, 0.2) is 12.1 Å². The van der Waals surface area contributed by atoms with E-state index < -0.39 is 6.04 Å². The number of carbonyl (C=O) groups excluding carboxylic acids is 1. The van der Waals surface area contributed by atoms with E-state index in [1.165, 1.54) is 7.11 Å². The zero-order chi connectivity index (χ0) is 14.6. The van der Waals surface area contributed by atoms with Crippen molar-refractivity contribution in [3.63, 3.8) is 0 Å². The fraction of sp³-hybridized carbons (Fsp3) is 0.500. The molecular weight excluding hydrogens is 264 g/mol. The molecule has 0 fully saturated rings. The molecule has 5 heteroatoms. The molecule has 3 N–H and O–H groups in total. The molecular formula is C14H21ClN2O2. The second-order valence-electron chi connectivity index (χ2n) is 4.70. The normalized spacial score (nSPS) is 13.8. The maximum Gasteiger partial charge on any atom is 0.241 e. The average Bonchev–Trinajstić information content (AvgIpc) is 2.40. The summed E-state index contributed by atoms with van der Waals surface area (Å²) < 4.78 is 5.21. The molecule has 0 radical (unpaired) electrons. The minimum atomic E-state index is -0.536. The third-order valence-electron chi connectivity index (χ3n) is 3.30. The highest BCUT2D eigenvalue weighted by Gasteiger charge is 2.20. The van der Waals surface area contributed by atoms with E-state index in [1.54, 1.807) is 12.1 Å². The van der Waals surface area contributed by atoms with Gasteiger partial charge in [-0.2, -0.15) is 0 Å². The van der Waals surface area contributed by atoms with Crippen LogP contribution in [0.4, 0.5) is 5.69 Å². The Morgan fingerprint density at radius 2 is 2.16 bits per heavy atom. The van der Waals surface area contributed by atoms with Crippen molar-refractivity contribution in [3.8, 4) is 5.75 Å². The van der Waals surface area contributed by atoms with Crippen molar-refractivity contribution in [1.29, 1.82) is 0 Å². The van der Waals surface area contributed by atoms with Crippen molar-refractivity contribution in [2.45, 2.75) is 33.2 Å². The Labute approximate surface area is 119 Å². The number of nitrogens with two attached hydrogens (primary N) is 1. The summed E-state index contributed by atoms with van der Waals surface area (Å²) in [7, 11) is 1.53. The molecule has 19 heavy (non-hydrogen) atoms. The standard InChI is InChI=1S/C14H21ClN2O2/c1-5-8(2)13(16)14(18)17-11-6-9(3)10(15)7-12(11)19-4/h6-8,13H,5,16H2,1-4H3,(H,17,18)/t8?,13-/m0/s1. The summed E-state index contributed by atoms with van der Waals surface area (Å²) in [6.45, 7) is 5.82.